The molecule has 0 fully saturated rings. The summed E-state index contributed by atoms with van der Waals surface area (Å²) in [5.41, 5.74) is 4.65. The fourth-order valence-corrected chi connectivity index (χ4v) is 5.56. The lowest BCUT2D eigenvalue weighted by molar-refractivity contribution is -0.125. The molecule has 2 aliphatic heterocycles. The lowest BCUT2D eigenvalue weighted by atomic mass is 9.75. The van der Waals surface area contributed by atoms with E-state index < -0.39 is 5.92 Å². The van der Waals surface area contributed by atoms with Gasteiger partial charge in [-0.2, -0.15) is 0 Å². The second-order valence-corrected chi connectivity index (χ2v) is 9.60. The van der Waals surface area contributed by atoms with Crippen molar-refractivity contribution in [2.45, 2.75) is 44.2 Å². The van der Waals surface area contributed by atoms with Crippen LogP contribution >= 0.6 is 0 Å². The van der Waals surface area contributed by atoms with Crippen molar-refractivity contribution in [2.24, 2.45) is 0 Å². The number of methoxy groups -OCH3 is 2. The molecule has 2 heterocycles. The molecule has 3 atom stereocenters. The van der Waals surface area contributed by atoms with Crippen LogP contribution in [0.1, 0.15) is 57.9 Å². The zero-order valence-corrected chi connectivity index (χ0v) is 21.0. The summed E-state index contributed by atoms with van der Waals surface area (Å²) in [5, 5.41) is 3.26. The summed E-state index contributed by atoms with van der Waals surface area (Å²) in [4.78, 5) is 29.5. The summed E-state index contributed by atoms with van der Waals surface area (Å²) in [6.45, 7) is 2.61. The van der Waals surface area contributed by atoms with E-state index in [1.807, 2.05) is 48.2 Å². The van der Waals surface area contributed by atoms with Crippen LogP contribution in [0.25, 0.3) is 0 Å². The molecule has 6 heteroatoms. The molecular formula is C30H32N2O4. The van der Waals surface area contributed by atoms with Crippen LogP contribution in [0.2, 0.25) is 0 Å². The minimum Gasteiger partial charge on any atom is -0.493 e. The van der Waals surface area contributed by atoms with E-state index in [0.29, 0.717) is 29.2 Å². The maximum absolute atomic E-state index is 14.0. The van der Waals surface area contributed by atoms with Gasteiger partial charge in [-0.3, -0.25) is 9.59 Å². The van der Waals surface area contributed by atoms with Gasteiger partial charge in [0.1, 0.15) is 0 Å². The van der Waals surface area contributed by atoms with Crippen molar-refractivity contribution in [2.75, 3.05) is 20.8 Å². The van der Waals surface area contributed by atoms with Crippen LogP contribution in [0.15, 0.2) is 66.7 Å². The van der Waals surface area contributed by atoms with Crippen molar-refractivity contribution in [1.82, 2.24) is 10.2 Å². The highest BCUT2D eigenvalue weighted by molar-refractivity contribution is 6.02. The van der Waals surface area contributed by atoms with Crippen molar-refractivity contribution in [3.05, 3.63) is 94.5 Å². The Hall–Kier alpha value is -3.80. The number of amides is 2. The number of benzene rings is 3. The zero-order chi connectivity index (χ0) is 25.2. The Bertz CT molecular complexity index is 1270. The van der Waals surface area contributed by atoms with Crippen molar-refractivity contribution in [3.63, 3.8) is 0 Å². The van der Waals surface area contributed by atoms with Gasteiger partial charge in [-0.05, 0) is 60.6 Å². The Kier molecular flexibility index (Phi) is 6.68. The van der Waals surface area contributed by atoms with E-state index in [1.54, 1.807) is 26.4 Å². The lowest BCUT2D eigenvalue weighted by Crippen LogP contribution is -2.51. The fourth-order valence-electron chi connectivity index (χ4n) is 5.56. The van der Waals surface area contributed by atoms with Crippen LogP contribution in [0.3, 0.4) is 0 Å². The van der Waals surface area contributed by atoms with E-state index in [0.717, 1.165) is 24.8 Å². The number of carbonyl (C=O) groups is 2. The third-order valence-corrected chi connectivity index (χ3v) is 7.41. The van der Waals surface area contributed by atoms with E-state index >= 15 is 0 Å². The summed E-state index contributed by atoms with van der Waals surface area (Å²) in [5.74, 6) is 0.278. The monoisotopic (exact) mass is 484 g/mol. The highest BCUT2D eigenvalue weighted by atomic mass is 16.5. The molecule has 0 saturated carbocycles. The molecule has 0 saturated heterocycles. The topological polar surface area (TPSA) is 67.9 Å². The molecule has 0 spiro atoms. The molecule has 0 aliphatic carbocycles. The first kappa shape index (κ1) is 23.9. The summed E-state index contributed by atoms with van der Waals surface area (Å²) >= 11 is 0. The van der Waals surface area contributed by atoms with Crippen LogP contribution in [0.5, 0.6) is 11.5 Å². The molecule has 3 aromatic carbocycles. The summed E-state index contributed by atoms with van der Waals surface area (Å²) < 4.78 is 11.0. The first-order valence-corrected chi connectivity index (χ1v) is 12.5. The van der Waals surface area contributed by atoms with Gasteiger partial charge in [0.15, 0.2) is 11.5 Å². The van der Waals surface area contributed by atoms with Crippen molar-refractivity contribution >= 4 is 11.8 Å². The zero-order valence-electron chi connectivity index (χ0n) is 21.0. The minimum absolute atomic E-state index is 0.0220. The highest BCUT2D eigenvalue weighted by Crippen LogP contribution is 2.48. The summed E-state index contributed by atoms with van der Waals surface area (Å²) in [7, 11) is 3.12. The molecule has 2 amide bonds. The Morgan fingerprint density at radius 2 is 1.69 bits per heavy atom. The molecule has 186 valence electrons. The second kappa shape index (κ2) is 10.1. The number of aryl methyl sites for hydroxylation is 1. The first-order valence-electron chi connectivity index (χ1n) is 12.5. The van der Waals surface area contributed by atoms with Gasteiger partial charge < -0.3 is 19.7 Å². The van der Waals surface area contributed by atoms with Crippen LogP contribution in [0, 0.1) is 0 Å². The third kappa shape index (κ3) is 4.32. The number of hydrogen-bond acceptors (Lipinski definition) is 4. The molecule has 36 heavy (non-hydrogen) atoms. The average Bonchev–Trinajstić information content (AvgIpc) is 2.91. The maximum atomic E-state index is 14.0. The molecular weight excluding hydrogens is 452 g/mol. The Balaban J connectivity index is 1.52. The number of rotatable bonds is 7. The van der Waals surface area contributed by atoms with Crippen molar-refractivity contribution in [3.8, 4) is 11.5 Å². The molecule has 0 aromatic heterocycles. The lowest BCUT2D eigenvalue weighted by Gasteiger charge is -2.45. The van der Waals surface area contributed by atoms with Gasteiger partial charge in [-0.25, -0.2) is 0 Å². The van der Waals surface area contributed by atoms with Gasteiger partial charge in [0, 0.05) is 18.2 Å². The Morgan fingerprint density at radius 1 is 1.00 bits per heavy atom. The molecule has 0 bridgehead atoms. The molecule has 0 unspecified atom stereocenters. The van der Waals surface area contributed by atoms with Gasteiger partial charge in [0.25, 0.3) is 5.91 Å². The van der Waals surface area contributed by atoms with Gasteiger partial charge in [-0.15, -0.1) is 0 Å². The fraction of sp³-hybridized carbons (Fsp3) is 0.333. The average molecular weight is 485 g/mol. The van der Waals surface area contributed by atoms with Gasteiger partial charge in [-0.1, -0.05) is 54.6 Å². The van der Waals surface area contributed by atoms with E-state index in [9.17, 15) is 9.59 Å². The standard InChI is InChI=1S/C30H32N2O4/c1-19(13-14-20-9-5-4-6-10-20)31-29(33)27-23-17-25(35-2)26(36-3)18-24(23)30(34)32-16-15-21-11-7-8-12-22(21)28(27)32/h4-12,17-19,27-28H,13-16H2,1-3H3,(H,31,33)/t19-,27-,28-/m0/s1. The number of nitrogens with one attached hydrogen (secondary N) is 1. The number of ether oxygens (including phenoxy) is 2. The molecule has 0 radical (unpaired) electrons. The quantitative estimate of drug-likeness (QED) is 0.529. The van der Waals surface area contributed by atoms with Crippen LogP contribution in [-0.2, 0) is 17.6 Å². The summed E-state index contributed by atoms with van der Waals surface area (Å²) in [6, 6.07) is 21.6. The minimum atomic E-state index is -0.557. The van der Waals surface area contributed by atoms with Crippen LogP contribution in [-0.4, -0.2) is 43.5 Å². The number of fused-ring (bicyclic) bond motifs is 4. The largest absolute Gasteiger partial charge is 0.493 e. The molecule has 6 nitrogen and oxygen atoms in total. The van der Waals surface area contributed by atoms with Crippen LogP contribution in [0.4, 0.5) is 0 Å². The summed E-state index contributed by atoms with van der Waals surface area (Å²) in [6.07, 6.45) is 2.47. The van der Waals surface area contributed by atoms with Crippen molar-refractivity contribution < 1.29 is 19.1 Å². The second-order valence-electron chi connectivity index (χ2n) is 9.60. The van der Waals surface area contributed by atoms with E-state index in [-0.39, 0.29) is 23.9 Å². The predicted octanol–water partition coefficient (Wildman–Crippen LogP) is 4.68. The van der Waals surface area contributed by atoms with E-state index in [1.165, 1.54) is 11.1 Å². The van der Waals surface area contributed by atoms with Gasteiger partial charge in [0.2, 0.25) is 5.91 Å². The molecule has 2 aliphatic rings. The van der Waals surface area contributed by atoms with Crippen molar-refractivity contribution in [1.29, 1.82) is 0 Å². The normalized spacial score (nSPS) is 19.0. The van der Waals surface area contributed by atoms with E-state index in [2.05, 4.69) is 23.5 Å². The molecule has 3 aromatic rings. The molecule has 1 N–H and O–H groups in total. The number of nitrogens with zero attached hydrogens (tertiary/aromatic N) is 1. The SMILES string of the molecule is COc1cc2c(cc1OC)[C@H](C(=O)N[C@@H](C)CCc1ccccc1)[C@@H]1c3ccccc3CCN1C2=O. The molecule has 5 rings (SSSR count). The smallest absolute Gasteiger partial charge is 0.254 e. The Labute approximate surface area is 212 Å². The first-order chi connectivity index (χ1) is 17.5. The van der Waals surface area contributed by atoms with Crippen LogP contribution < -0.4 is 14.8 Å². The Morgan fingerprint density at radius 3 is 2.44 bits per heavy atom. The predicted molar refractivity (Wildman–Crippen MR) is 139 cm³/mol. The van der Waals surface area contributed by atoms with Gasteiger partial charge >= 0.3 is 0 Å². The number of hydrogen-bond donors (Lipinski definition) is 1. The third-order valence-electron chi connectivity index (χ3n) is 7.41. The maximum Gasteiger partial charge on any atom is 0.254 e. The van der Waals surface area contributed by atoms with Gasteiger partial charge in [0.05, 0.1) is 26.2 Å². The van der Waals surface area contributed by atoms with E-state index in [4.69, 9.17) is 9.47 Å². The highest BCUT2D eigenvalue weighted by Gasteiger charge is 2.47. The number of carbonyl (C=O) groups excluding carboxylic acids is 2.